The van der Waals surface area contributed by atoms with Gasteiger partial charge in [0.15, 0.2) is 5.96 Å². The van der Waals surface area contributed by atoms with Crippen molar-refractivity contribution in [1.29, 1.82) is 0 Å². The summed E-state index contributed by atoms with van der Waals surface area (Å²) in [6.07, 6.45) is 6.46. The third-order valence-corrected chi connectivity index (χ3v) is 3.04. The van der Waals surface area contributed by atoms with Crippen molar-refractivity contribution in [3.8, 4) is 0 Å². The van der Waals surface area contributed by atoms with Gasteiger partial charge in [0, 0.05) is 24.5 Å². The molecule has 0 aliphatic heterocycles. The molecule has 1 amide bonds. The molecule has 0 aromatic heterocycles. The van der Waals surface area contributed by atoms with E-state index < -0.39 is 0 Å². The molecule has 1 aliphatic carbocycles. The maximum Gasteiger partial charge on any atom is 0.225 e. The van der Waals surface area contributed by atoms with Crippen molar-refractivity contribution >= 4 is 35.8 Å². The largest absolute Gasteiger partial charge is 0.357 e. The van der Waals surface area contributed by atoms with E-state index in [-0.39, 0.29) is 35.3 Å². The Hall–Kier alpha value is -0.790. The SMILES string of the molecule is CCNC(=NCCNC(=O)C(C)(C)C)NC1CC=CC1.I. The summed E-state index contributed by atoms with van der Waals surface area (Å²) in [6, 6.07) is 0.442. The minimum absolute atomic E-state index is 0. The van der Waals surface area contributed by atoms with E-state index in [9.17, 15) is 4.79 Å². The molecule has 3 N–H and O–H groups in total. The molecule has 0 aromatic rings. The van der Waals surface area contributed by atoms with Crippen LogP contribution in [0.15, 0.2) is 17.1 Å². The fourth-order valence-corrected chi connectivity index (χ4v) is 1.85. The molecular weight excluding hydrogens is 379 g/mol. The molecule has 1 rings (SSSR count). The maximum absolute atomic E-state index is 11.7. The molecule has 0 atom stereocenters. The van der Waals surface area contributed by atoms with Crippen LogP contribution in [0.3, 0.4) is 0 Å². The zero-order valence-corrected chi connectivity index (χ0v) is 15.9. The Morgan fingerprint density at radius 2 is 1.86 bits per heavy atom. The topological polar surface area (TPSA) is 65.5 Å². The predicted octanol–water partition coefficient (Wildman–Crippen LogP) is 2.04. The van der Waals surface area contributed by atoms with Crippen LogP contribution in [-0.2, 0) is 4.79 Å². The van der Waals surface area contributed by atoms with Crippen LogP contribution >= 0.6 is 24.0 Å². The van der Waals surface area contributed by atoms with Crippen molar-refractivity contribution < 1.29 is 4.79 Å². The number of halogens is 1. The van der Waals surface area contributed by atoms with Crippen molar-refractivity contribution in [2.45, 2.75) is 46.6 Å². The molecule has 0 bridgehead atoms. The normalized spacial score (nSPS) is 15.5. The van der Waals surface area contributed by atoms with E-state index in [2.05, 4.69) is 33.1 Å². The lowest BCUT2D eigenvalue weighted by Gasteiger charge is -2.18. The Morgan fingerprint density at radius 1 is 1.24 bits per heavy atom. The van der Waals surface area contributed by atoms with Crippen molar-refractivity contribution in [3.63, 3.8) is 0 Å². The molecule has 0 spiro atoms. The van der Waals surface area contributed by atoms with Crippen molar-refractivity contribution in [2.75, 3.05) is 19.6 Å². The van der Waals surface area contributed by atoms with Crippen LogP contribution in [-0.4, -0.2) is 37.5 Å². The number of hydrogen-bond donors (Lipinski definition) is 3. The fraction of sp³-hybridized carbons (Fsp3) is 0.733. The summed E-state index contributed by atoms with van der Waals surface area (Å²) < 4.78 is 0. The predicted molar refractivity (Wildman–Crippen MR) is 99.2 cm³/mol. The highest BCUT2D eigenvalue weighted by Gasteiger charge is 2.20. The van der Waals surface area contributed by atoms with E-state index >= 15 is 0 Å². The minimum atomic E-state index is -0.345. The van der Waals surface area contributed by atoms with Crippen molar-refractivity contribution in [1.82, 2.24) is 16.0 Å². The van der Waals surface area contributed by atoms with Gasteiger partial charge in [0.2, 0.25) is 5.91 Å². The monoisotopic (exact) mass is 408 g/mol. The highest BCUT2D eigenvalue weighted by molar-refractivity contribution is 14.0. The van der Waals surface area contributed by atoms with E-state index in [4.69, 9.17) is 0 Å². The van der Waals surface area contributed by atoms with Gasteiger partial charge in [-0.15, -0.1) is 24.0 Å². The summed E-state index contributed by atoms with van der Waals surface area (Å²) >= 11 is 0. The molecule has 5 nitrogen and oxygen atoms in total. The molecule has 0 unspecified atom stereocenters. The summed E-state index contributed by atoms with van der Waals surface area (Å²) in [4.78, 5) is 16.2. The minimum Gasteiger partial charge on any atom is -0.357 e. The van der Waals surface area contributed by atoms with E-state index in [1.54, 1.807) is 0 Å². The highest BCUT2D eigenvalue weighted by atomic mass is 127. The molecule has 21 heavy (non-hydrogen) atoms. The molecule has 0 heterocycles. The van der Waals surface area contributed by atoms with Crippen LogP contribution in [0.1, 0.15) is 40.5 Å². The second-order valence-electron chi connectivity index (χ2n) is 6.05. The third-order valence-electron chi connectivity index (χ3n) is 3.04. The van der Waals surface area contributed by atoms with E-state index in [0.717, 1.165) is 25.3 Å². The smallest absolute Gasteiger partial charge is 0.225 e. The van der Waals surface area contributed by atoms with Crippen LogP contribution in [0.5, 0.6) is 0 Å². The van der Waals surface area contributed by atoms with Crippen LogP contribution < -0.4 is 16.0 Å². The average Bonchev–Trinajstić information content (AvgIpc) is 2.86. The number of aliphatic imine (C=N–C) groups is 1. The van der Waals surface area contributed by atoms with Gasteiger partial charge in [0.05, 0.1) is 6.54 Å². The molecular formula is C15H29IN4O. The number of nitrogens with one attached hydrogen (secondary N) is 3. The first-order chi connectivity index (χ1) is 9.43. The average molecular weight is 408 g/mol. The van der Waals surface area contributed by atoms with Gasteiger partial charge in [-0.2, -0.15) is 0 Å². The van der Waals surface area contributed by atoms with Gasteiger partial charge in [-0.25, -0.2) is 0 Å². The Balaban J connectivity index is 0.00000400. The number of carbonyl (C=O) groups is 1. The van der Waals surface area contributed by atoms with Crippen LogP contribution in [0.25, 0.3) is 0 Å². The summed E-state index contributed by atoms with van der Waals surface area (Å²) in [5, 5.41) is 9.52. The van der Waals surface area contributed by atoms with Gasteiger partial charge >= 0.3 is 0 Å². The third kappa shape index (κ3) is 8.28. The lowest BCUT2D eigenvalue weighted by Crippen LogP contribution is -2.43. The molecule has 6 heteroatoms. The van der Waals surface area contributed by atoms with Gasteiger partial charge < -0.3 is 16.0 Å². The Labute approximate surface area is 145 Å². The number of rotatable bonds is 5. The second-order valence-corrected chi connectivity index (χ2v) is 6.05. The molecule has 0 saturated carbocycles. The lowest BCUT2D eigenvalue weighted by atomic mass is 9.96. The summed E-state index contributed by atoms with van der Waals surface area (Å²) in [5.74, 6) is 0.886. The summed E-state index contributed by atoms with van der Waals surface area (Å²) in [7, 11) is 0. The quantitative estimate of drug-likeness (QED) is 0.215. The zero-order chi connectivity index (χ0) is 15.0. The van der Waals surface area contributed by atoms with Crippen LogP contribution in [0, 0.1) is 5.41 Å². The highest BCUT2D eigenvalue weighted by Crippen LogP contribution is 2.12. The fourth-order valence-electron chi connectivity index (χ4n) is 1.85. The van der Waals surface area contributed by atoms with E-state index in [0.29, 0.717) is 19.1 Å². The number of guanidine groups is 1. The Kier molecular flexibility index (Phi) is 9.65. The van der Waals surface area contributed by atoms with Crippen molar-refractivity contribution in [2.24, 2.45) is 10.4 Å². The number of nitrogens with zero attached hydrogens (tertiary/aromatic N) is 1. The van der Waals surface area contributed by atoms with E-state index in [1.165, 1.54) is 0 Å². The molecule has 1 aliphatic rings. The maximum atomic E-state index is 11.7. The van der Waals surface area contributed by atoms with Crippen molar-refractivity contribution in [3.05, 3.63) is 12.2 Å². The summed E-state index contributed by atoms with van der Waals surface area (Å²) in [6.45, 7) is 9.75. The lowest BCUT2D eigenvalue weighted by molar-refractivity contribution is -0.128. The zero-order valence-electron chi connectivity index (χ0n) is 13.5. The van der Waals surface area contributed by atoms with E-state index in [1.807, 2.05) is 27.7 Å². The van der Waals surface area contributed by atoms with Gasteiger partial charge in [-0.3, -0.25) is 9.79 Å². The standard InChI is InChI=1S/C15H28N4O.HI/c1-5-16-14(19-12-8-6-7-9-12)18-11-10-17-13(20)15(2,3)4;/h6-7,12H,5,8-11H2,1-4H3,(H,17,20)(H2,16,18,19);1H. The number of amides is 1. The molecule has 0 radical (unpaired) electrons. The molecule has 122 valence electrons. The van der Waals surface area contributed by atoms with Gasteiger partial charge in [-0.1, -0.05) is 32.9 Å². The van der Waals surface area contributed by atoms with Gasteiger partial charge in [0.1, 0.15) is 0 Å². The van der Waals surface area contributed by atoms with Gasteiger partial charge in [-0.05, 0) is 19.8 Å². The van der Waals surface area contributed by atoms with Gasteiger partial charge in [0.25, 0.3) is 0 Å². The molecule has 0 aromatic carbocycles. The number of carbonyl (C=O) groups excluding carboxylic acids is 1. The molecule has 0 saturated heterocycles. The Bertz CT molecular complexity index is 366. The van der Waals surface area contributed by atoms with Crippen LogP contribution in [0.2, 0.25) is 0 Å². The first-order valence-corrected chi connectivity index (χ1v) is 7.41. The summed E-state index contributed by atoms with van der Waals surface area (Å²) in [5.41, 5.74) is -0.345. The number of hydrogen-bond acceptors (Lipinski definition) is 2. The van der Waals surface area contributed by atoms with Crippen LogP contribution in [0.4, 0.5) is 0 Å². The first kappa shape index (κ1) is 20.2. The molecule has 0 fully saturated rings. The first-order valence-electron chi connectivity index (χ1n) is 7.41. The Morgan fingerprint density at radius 3 is 2.38 bits per heavy atom. The second kappa shape index (κ2) is 10.0.